The summed E-state index contributed by atoms with van der Waals surface area (Å²) in [5.41, 5.74) is 0. The number of hydrogen-bond acceptors (Lipinski definition) is 0. The molecule has 0 amide bonds. The maximum atomic E-state index is 0. The Morgan fingerprint density at radius 3 is 0.333 bits per heavy atom. The van der Waals surface area contributed by atoms with Gasteiger partial charge in [0.1, 0.15) is 0 Å². The molecular formula is I3In3-3. The Morgan fingerprint density at radius 1 is 0.333 bits per heavy atom. The Morgan fingerprint density at radius 2 is 0.333 bits per heavy atom. The van der Waals surface area contributed by atoms with Crippen LogP contribution in [0.5, 0.6) is 0 Å². The van der Waals surface area contributed by atoms with Gasteiger partial charge in [0.15, 0.2) is 0 Å². The summed E-state index contributed by atoms with van der Waals surface area (Å²) in [5, 5.41) is 0. The summed E-state index contributed by atoms with van der Waals surface area (Å²) < 4.78 is 0. The SMILES string of the molecule is [I-].[I-].[I-].[In].[In].[In]. The third kappa shape index (κ3) is 23.2. The van der Waals surface area contributed by atoms with E-state index in [0.717, 1.165) is 0 Å². The molecule has 0 unspecified atom stereocenters. The summed E-state index contributed by atoms with van der Waals surface area (Å²) in [6, 6.07) is 0. The summed E-state index contributed by atoms with van der Waals surface area (Å²) in [6.07, 6.45) is 0. The molecule has 0 bridgehead atoms. The molecule has 0 aromatic rings. The molecule has 33 valence electrons. The third-order valence-electron chi connectivity index (χ3n) is 0. The van der Waals surface area contributed by atoms with Crippen LogP contribution in [0, 0.1) is 0 Å². The van der Waals surface area contributed by atoms with Crippen molar-refractivity contribution in [2.45, 2.75) is 0 Å². The van der Waals surface area contributed by atoms with Gasteiger partial charge in [-0.2, -0.15) is 0 Å². The molecule has 0 aromatic heterocycles. The summed E-state index contributed by atoms with van der Waals surface area (Å²) in [6.45, 7) is 0. The Bertz CT molecular complexity index is 6.00. The summed E-state index contributed by atoms with van der Waals surface area (Å²) in [4.78, 5) is 0. The first kappa shape index (κ1) is 45.0. The first-order chi connectivity index (χ1) is 0. The van der Waals surface area contributed by atoms with Crippen LogP contribution in [0.2, 0.25) is 0 Å². The van der Waals surface area contributed by atoms with E-state index in [-0.39, 0.29) is 149 Å². The fraction of sp³-hybridized carbons (Fsp3) is 0. The standard InChI is InChI=1S/3HI.3In/h3*1H;;;/p-3. The summed E-state index contributed by atoms with van der Waals surface area (Å²) in [5.74, 6) is 0. The smallest absolute Gasteiger partial charge is 0 e. The predicted molar refractivity (Wildman–Crippen MR) is 17.3 cm³/mol. The number of hydrogen-bond donors (Lipinski definition) is 0. The molecule has 0 saturated carbocycles. The molecule has 0 aliphatic heterocycles. The number of halogens is 3. The van der Waals surface area contributed by atoms with Crippen molar-refractivity contribution in [2.75, 3.05) is 0 Å². The zero-order chi connectivity index (χ0) is 0. The first-order valence-electron chi connectivity index (χ1n) is 0. The van der Waals surface area contributed by atoms with Crippen LogP contribution < -0.4 is 71.9 Å². The summed E-state index contributed by atoms with van der Waals surface area (Å²) >= 11 is 0. The Labute approximate surface area is 146 Å². The average molecular weight is 725 g/mol. The van der Waals surface area contributed by atoms with Gasteiger partial charge < -0.3 is 71.9 Å². The summed E-state index contributed by atoms with van der Waals surface area (Å²) in [7, 11) is 0. The zero-order valence-electron chi connectivity index (χ0n) is 2.87. The topological polar surface area (TPSA) is 0 Å². The van der Waals surface area contributed by atoms with Gasteiger partial charge in [0.05, 0.1) is 0 Å². The Kier molecular flexibility index (Phi) is 247. The Hall–Kier alpha value is 4.80. The molecular weight excluding hydrogens is 725 g/mol. The van der Waals surface area contributed by atoms with Gasteiger partial charge in [-0.3, -0.25) is 0 Å². The van der Waals surface area contributed by atoms with Crippen molar-refractivity contribution in [3.05, 3.63) is 0 Å². The van der Waals surface area contributed by atoms with Gasteiger partial charge in [0.2, 0.25) is 0 Å². The predicted octanol–water partition coefficient (Wildman–Crippen LogP) is -10.1. The molecule has 0 spiro atoms. The van der Waals surface area contributed by atoms with E-state index in [1.807, 2.05) is 0 Å². The maximum Gasteiger partial charge on any atom is 0 e. The van der Waals surface area contributed by atoms with Crippen molar-refractivity contribution in [2.24, 2.45) is 0 Å². The van der Waals surface area contributed by atoms with E-state index in [1.165, 1.54) is 0 Å². The molecule has 0 aliphatic rings. The largest absolute Gasteiger partial charge is 1.00 e. The normalized spacial score (nSPS) is 0. The quantitative estimate of drug-likeness (QED) is 0.218. The second-order valence-corrected chi connectivity index (χ2v) is 0. The van der Waals surface area contributed by atoms with Gasteiger partial charge in [-0.05, 0) is 0 Å². The van der Waals surface area contributed by atoms with Gasteiger partial charge in [0.25, 0.3) is 0 Å². The van der Waals surface area contributed by atoms with Gasteiger partial charge in [-0.1, -0.05) is 0 Å². The molecule has 0 saturated heterocycles. The second-order valence-electron chi connectivity index (χ2n) is 0. The molecule has 0 rings (SSSR count). The first-order valence-corrected chi connectivity index (χ1v) is 0. The van der Waals surface area contributed by atoms with Crippen LogP contribution in [-0.2, 0) is 0 Å². The van der Waals surface area contributed by atoms with E-state index in [1.54, 1.807) is 0 Å². The molecule has 0 atom stereocenters. The van der Waals surface area contributed by atoms with Crippen molar-refractivity contribution >= 4 is 77.5 Å². The fourth-order valence-corrected chi connectivity index (χ4v) is 0. The minimum absolute atomic E-state index is 0. The van der Waals surface area contributed by atoms with E-state index in [0.29, 0.717) is 0 Å². The molecule has 0 fully saturated rings. The molecule has 0 aromatic carbocycles. The zero-order valence-corrected chi connectivity index (χ0v) is 19.2. The van der Waals surface area contributed by atoms with Crippen molar-refractivity contribution in [1.29, 1.82) is 0 Å². The van der Waals surface area contributed by atoms with Crippen molar-refractivity contribution in [1.82, 2.24) is 0 Å². The van der Waals surface area contributed by atoms with E-state index in [2.05, 4.69) is 0 Å². The van der Waals surface area contributed by atoms with Crippen LogP contribution in [-0.4, -0.2) is 77.5 Å². The van der Waals surface area contributed by atoms with E-state index in [9.17, 15) is 0 Å². The van der Waals surface area contributed by atoms with Crippen LogP contribution in [0.4, 0.5) is 0 Å². The minimum atomic E-state index is 0. The number of rotatable bonds is 0. The molecule has 6 heavy (non-hydrogen) atoms. The van der Waals surface area contributed by atoms with E-state index in [4.69, 9.17) is 0 Å². The van der Waals surface area contributed by atoms with Gasteiger partial charge in [-0.15, -0.1) is 0 Å². The molecule has 0 heterocycles. The van der Waals surface area contributed by atoms with Crippen LogP contribution in [0.3, 0.4) is 0 Å². The van der Waals surface area contributed by atoms with Gasteiger partial charge in [0, 0.05) is 77.5 Å². The molecule has 0 N–H and O–H groups in total. The second kappa shape index (κ2) is 32.9. The minimum Gasteiger partial charge on any atom is -1.00 e. The van der Waals surface area contributed by atoms with E-state index < -0.39 is 0 Å². The van der Waals surface area contributed by atoms with Crippen molar-refractivity contribution in [3.63, 3.8) is 0 Å². The molecule has 0 aliphatic carbocycles. The molecule has 9 radical (unpaired) electrons. The fourth-order valence-electron chi connectivity index (χ4n) is 0. The molecule has 0 nitrogen and oxygen atoms in total. The van der Waals surface area contributed by atoms with Crippen molar-refractivity contribution < 1.29 is 71.9 Å². The van der Waals surface area contributed by atoms with Gasteiger partial charge >= 0.3 is 0 Å². The van der Waals surface area contributed by atoms with Crippen molar-refractivity contribution in [3.8, 4) is 0 Å². The average Bonchev–Trinajstić information content (AvgIpc) is 0. The molecule has 6 heteroatoms. The van der Waals surface area contributed by atoms with Crippen LogP contribution in [0.25, 0.3) is 0 Å². The Balaban J connectivity index is 0. The van der Waals surface area contributed by atoms with E-state index >= 15 is 0 Å². The van der Waals surface area contributed by atoms with Gasteiger partial charge in [-0.25, -0.2) is 0 Å². The monoisotopic (exact) mass is 725 g/mol. The van der Waals surface area contributed by atoms with Crippen LogP contribution in [0.15, 0.2) is 0 Å². The van der Waals surface area contributed by atoms with Crippen LogP contribution in [0.1, 0.15) is 0 Å². The van der Waals surface area contributed by atoms with Crippen LogP contribution >= 0.6 is 0 Å². The maximum absolute atomic E-state index is 0. The third-order valence-corrected chi connectivity index (χ3v) is 0.